The van der Waals surface area contributed by atoms with Gasteiger partial charge >= 0.3 is 0 Å². The zero-order valence-corrected chi connectivity index (χ0v) is 10.4. The predicted molar refractivity (Wildman–Crippen MR) is 68.7 cm³/mol. The van der Waals surface area contributed by atoms with Gasteiger partial charge in [-0.2, -0.15) is 13.2 Å². The molecule has 0 aliphatic carbocycles. The molecule has 0 fully saturated rings. The predicted octanol–water partition coefficient (Wildman–Crippen LogP) is 1.67. The maximum absolute atomic E-state index is 11.1. The Balaban J connectivity index is 2.16. The molecule has 1 N–H and O–H groups in total. The van der Waals surface area contributed by atoms with Crippen LogP contribution in [0.1, 0.15) is 0 Å². The molecule has 0 unspecified atom stereocenters. The number of fused-ring (bicyclic) bond motifs is 1. The monoisotopic (exact) mass is 275 g/mol. The highest BCUT2D eigenvalue weighted by Crippen LogP contribution is 2.15. The van der Waals surface area contributed by atoms with E-state index in [0.29, 0.717) is 16.7 Å². The fourth-order valence-corrected chi connectivity index (χ4v) is 2.26. The van der Waals surface area contributed by atoms with Gasteiger partial charge in [0.2, 0.25) is 0 Å². The SMILES string of the molecule is O=S(=O)(O)c1cccc(-n2nc3ccccc3n2)c1. The molecule has 6 nitrogen and oxygen atoms in total. The van der Waals surface area contributed by atoms with E-state index in [1.54, 1.807) is 6.07 Å². The highest BCUT2D eigenvalue weighted by molar-refractivity contribution is 7.85. The molecule has 3 rings (SSSR count). The number of benzene rings is 2. The van der Waals surface area contributed by atoms with Crippen molar-refractivity contribution in [1.82, 2.24) is 15.0 Å². The summed E-state index contributed by atoms with van der Waals surface area (Å²) in [4.78, 5) is 1.14. The topological polar surface area (TPSA) is 85.1 Å². The maximum atomic E-state index is 11.1. The first-order chi connectivity index (χ1) is 9.04. The summed E-state index contributed by atoms with van der Waals surface area (Å²) in [6.45, 7) is 0. The lowest BCUT2D eigenvalue weighted by molar-refractivity contribution is 0.483. The summed E-state index contributed by atoms with van der Waals surface area (Å²) in [5, 5.41) is 8.47. The zero-order chi connectivity index (χ0) is 13.5. The molecule has 0 saturated heterocycles. The minimum Gasteiger partial charge on any atom is -0.282 e. The summed E-state index contributed by atoms with van der Waals surface area (Å²) < 4.78 is 31.2. The van der Waals surface area contributed by atoms with E-state index < -0.39 is 10.1 Å². The summed E-state index contributed by atoms with van der Waals surface area (Å²) in [6, 6.07) is 13.1. The molecule has 0 bridgehead atoms. The van der Waals surface area contributed by atoms with Crippen molar-refractivity contribution < 1.29 is 13.0 Å². The van der Waals surface area contributed by atoms with Crippen LogP contribution in [0.25, 0.3) is 16.7 Å². The average molecular weight is 275 g/mol. The van der Waals surface area contributed by atoms with E-state index in [0.717, 1.165) is 0 Å². The second-order valence-corrected chi connectivity index (χ2v) is 5.37. The van der Waals surface area contributed by atoms with E-state index in [2.05, 4.69) is 10.2 Å². The fraction of sp³-hybridized carbons (Fsp3) is 0. The van der Waals surface area contributed by atoms with Gasteiger partial charge in [0.05, 0.1) is 10.6 Å². The molecule has 7 heteroatoms. The Morgan fingerprint density at radius 3 is 2.16 bits per heavy atom. The van der Waals surface area contributed by atoms with Crippen LogP contribution in [0.2, 0.25) is 0 Å². The van der Waals surface area contributed by atoms with Gasteiger partial charge in [-0.25, -0.2) is 0 Å². The molecule has 96 valence electrons. The van der Waals surface area contributed by atoms with E-state index in [1.165, 1.54) is 23.0 Å². The average Bonchev–Trinajstić information content (AvgIpc) is 2.81. The van der Waals surface area contributed by atoms with Crippen LogP contribution in [-0.4, -0.2) is 28.0 Å². The van der Waals surface area contributed by atoms with Crippen LogP contribution in [0, 0.1) is 0 Å². The van der Waals surface area contributed by atoms with Gasteiger partial charge in [-0.1, -0.05) is 18.2 Å². The van der Waals surface area contributed by atoms with Crippen LogP contribution in [-0.2, 0) is 10.1 Å². The van der Waals surface area contributed by atoms with Crippen LogP contribution in [0.5, 0.6) is 0 Å². The molecule has 1 aromatic heterocycles. The first-order valence-corrected chi connectivity index (χ1v) is 6.88. The van der Waals surface area contributed by atoms with Crippen molar-refractivity contribution in [2.24, 2.45) is 0 Å². The smallest absolute Gasteiger partial charge is 0.282 e. The highest BCUT2D eigenvalue weighted by atomic mass is 32.2. The van der Waals surface area contributed by atoms with Gasteiger partial charge in [-0.3, -0.25) is 4.55 Å². The molecular weight excluding hydrogens is 266 g/mol. The van der Waals surface area contributed by atoms with Crippen LogP contribution in [0.3, 0.4) is 0 Å². The minimum atomic E-state index is -4.23. The highest BCUT2D eigenvalue weighted by Gasteiger charge is 2.11. The molecule has 1 heterocycles. The Morgan fingerprint density at radius 2 is 1.58 bits per heavy atom. The summed E-state index contributed by atoms with van der Waals surface area (Å²) in [7, 11) is -4.23. The fourth-order valence-electron chi connectivity index (χ4n) is 1.74. The van der Waals surface area contributed by atoms with Crippen molar-refractivity contribution in [1.29, 1.82) is 0 Å². The summed E-state index contributed by atoms with van der Waals surface area (Å²) >= 11 is 0. The molecule has 0 radical (unpaired) electrons. The van der Waals surface area contributed by atoms with Crippen molar-refractivity contribution in [3.63, 3.8) is 0 Å². The van der Waals surface area contributed by atoms with E-state index in [-0.39, 0.29) is 4.90 Å². The molecule has 0 amide bonds. The normalized spacial score (nSPS) is 11.8. The van der Waals surface area contributed by atoms with Crippen molar-refractivity contribution in [2.45, 2.75) is 4.90 Å². The molecule has 0 saturated carbocycles. The van der Waals surface area contributed by atoms with Crippen molar-refractivity contribution in [2.75, 3.05) is 0 Å². The van der Waals surface area contributed by atoms with Crippen LogP contribution < -0.4 is 0 Å². The van der Waals surface area contributed by atoms with Crippen molar-refractivity contribution >= 4 is 21.2 Å². The van der Waals surface area contributed by atoms with E-state index in [4.69, 9.17) is 4.55 Å². The number of nitrogens with zero attached hydrogens (tertiary/aromatic N) is 3. The summed E-state index contributed by atoms with van der Waals surface area (Å²) in [6.07, 6.45) is 0. The molecule has 3 aromatic rings. The van der Waals surface area contributed by atoms with Gasteiger partial charge in [0.25, 0.3) is 10.1 Å². The third-order valence-corrected chi connectivity index (χ3v) is 3.48. The number of hydrogen-bond donors (Lipinski definition) is 1. The molecule has 19 heavy (non-hydrogen) atoms. The summed E-state index contributed by atoms with van der Waals surface area (Å²) in [5.74, 6) is 0. The molecule has 0 aliphatic rings. The van der Waals surface area contributed by atoms with Gasteiger partial charge in [-0.15, -0.1) is 10.2 Å². The van der Waals surface area contributed by atoms with Crippen molar-refractivity contribution in [3.05, 3.63) is 48.5 Å². The molecule has 0 aliphatic heterocycles. The Labute approximate surface area is 109 Å². The van der Waals surface area contributed by atoms with E-state index >= 15 is 0 Å². The standard InChI is InChI=1S/C12H9N3O3S/c16-19(17,18)10-5-3-4-9(8-10)15-13-11-6-1-2-7-12(11)14-15/h1-8H,(H,16,17,18). The number of aromatic nitrogens is 3. The van der Waals surface area contributed by atoms with Crippen LogP contribution in [0.4, 0.5) is 0 Å². The minimum absolute atomic E-state index is 0.189. The first kappa shape index (κ1) is 11.8. The molecular formula is C12H9N3O3S. The second kappa shape index (κ2) is 4.15. The molecule has 0 atom stereocenters. The molecule has 2 aromatic carbocycles. The first-order valence-electron chi connectivity index (χ1n) is 5.44. The third kappa shape index (κ3) is 2.20. The number of hydrogen-bond acceptors (Lipinski definition) is 4. The van der Waals surface area contributed by atoms with Gasteiger partial charge in [0.15, 0.2) is 0 Å². The lowest BCUT2D eigenvalue weighted by Crippen LogP contribution is -2.02. The van der Waals surface area contributed by atoms with E-state index in [1.807, 2.05) is 24.3 Å². The third-order valence-electron chi connectivity index (χ3n) is 2.63. The zero-order valence-electron chi connectivity index (χ0n) is 9.63. The summed E-state index contributed by atoms with van der Waals surface area (Å²) in [5.41, 5.74) is 1.88. The van der Waals surface area contributed by atoms with Crippen LogP contribution >= 0.6 is 0 Å². The second-order valence-electron chi connectivity index (χ2n) is 3.95. The van der Waals surface area contributed by atoms with Gasteiger partial charge in [0.1, 0.15) is 11.0 Å². The van der Waals surface area contributed by atoms with Gasteiger partial charge in [0, 0.05) is 0 Å². The largest absolute Gasteiger partial charge is 0.294 e. The van der Waals surface area contributed by atoms with Gasteiger partial charge < -0.3 is 0 Å². The Morgan fingerprint density at radius 1 is 0.947 bits per heavy atom. The van der Waals surface area contributed by atoms with Crippen LogP contribution in [0.15, 0.2) is 53.4 Å². The lowest BCUT2D eigenvalue weighted by atomic mass is 10.3. The lowest BCUT2D eigenvalue weighted by Gasteiger charge is -2.01. The Hall–Kier alpha value is -2.25. The van der Waals surface area contributed by atoms with Crippen molar-refractivity contribution in [3.8, 4) is 5.69 Å². The van der Waals surface area contributed by atoms with E-state index in [9.17, 15) is 8.42 Å². The Bertz CT molecular complexity index is 822. The van der Waals surface area contributed by atoms with Gasteiger partial charge in [-0.05, 0) is 30.3 Å². The Kier molecular flexibility index (Phi) is 2.58. The molecule has 0 spiro atoms. The quantitative estimate of drug-likeness (QED) is 0.719. The maximum Gasteiger partial charge on any atom is 0.294 e. The number of rotatable bonds is 2.